The molecule has 116 valence electrons. The fourth-order valence-corrected chi connectivity index (χ4v) is 1.97. The third kappa shape index (κ3) is 3.97. The molecule has 0 spiro atoms. The number of rotatable bonds is 4. The number of benzene rings is 1. The Balaban J connectivity index is 3.55. The number of nitrogens with one attached hydrogen (secondary N) is 1. The molecule has 0 aliphatic heterocycles. The van der Waals surface area contributed by atoms with Crippen molar-refractivity contribution in [2.45, 2.75) is 46.1 Å². The monoisotopic (exact) mass is 292 g/mol. The number of methoxy groups -OCH3 is 1. The van der Waals surface area contributed by atoms with Gasteiger partial charge in [0.25, 0.3) is 11.8 Å². The van der Waals surface area contributed by atoms with Gasteiger partial charge in [-0.25, -0.2) is 0 Å². The van der Waals surface area contributed by atoms with E-state index in [0.29, 0.717) is 5.56 Å². The number of amides is 2. The quantitative estimate of drug-likeness (QED) is 0.893. The normalized spacial score (nSPS) is 11.4. The molecule has 21 heavy (non-hydrogen) atoms. The van der Waals surface area contributed by atoms with Crippen molar-refractivity contribution >= 4 is 11.8 Å². The van der Waals surface area contributed by atoms with Gasteiger partial charge in [-0.3, -0.25) is 9.59 Å². The van der Waals surface area contributed by atoms with Crippen LogP contribution in [0.1, 0.15) is 60.9 Å². The zero-order valence-corrected chi connectivity index (χ0v) is 13.5. The predicted molar refractivity (Wildman–Crippen MR) is 82.8 cm³/mol. The van der Waals surface area contributed by atoms with E-state index in [0.717, 1.165) is 5.56 Å². The Morgan fingerprint density at radius 1 is 1.19 bits per heavy atom. The molecule has 0 aromatic heterocycles. The van der Waals surface area contributed by atoms with Gasteiger partial charge in [0.2, 0.25) is 0 Å². The second-order valence-corrected chi connectivity index (χ2v) is 6.35. The Morgan fingerprint density at radius 3 is 2.10 bits per heavy atom. The average molecular weight is 292 g/mol. The molecule has 2 amide bonds. The van der Waals surface area contributed by atoms with Gasteiger partial charge in [0.15, 0.2) is 0 Å². The molecule has 3 N–H and O–H groups in total. The highest BCUT2D eigenvalue weighted by molar-refractivity contribution is 6.04. The third-order valence-corrected chi connectivity index (χ3v) is 3.09. The number of ether oxygens (including phenoxy) is 1. The third-order valence-electron chi connectivity index (χ3n) is 3.09. The summed E-state index contributed by atoms with van der Waals surface area (Å²) < 4.78 is 5.25. The van der Waals surface area contributed by atoms with E-state index in [2.05, 4.69) is 5.32 Å². The van der Waals surface area contributed by atoms with Crippen LogP contribution in [0, 0.1) is 0 Å². The first-order chi connectivity index (χ1) is 9.57. The Morgan fingerprint density at radius 2 is 1.71 bits per heavy atom. The Hall–Kier alpha value is -2.04. The summed E-state index contributed by atoms with van der Waals surface area (Å²) in [5.74, 6) is -0.680. The zero-order valence-electron chi connectivity index (χ0n) is 13.5. The first kappa shape index (κ1) is 17.0. The molecule has 1 aromatic carbocycles. The van der Waals surface area contributed by atoms with Gasteiger partial charge in [0.1, 0.15) is 5.75 Å². The lowest BCUT2D eigenvalue weighted by atomic mass is 9.84. The molecule has 1 aromatic rings. The van der Waals surface area contributed by atoms with E-state index >= 15 is 0 Å². The van der Waals surface area contributed by atoms with Crippen molar-refractivity contribution in [3.05, 3.63) is 28.8 Å². The van der Waals surface area contributed by atoms with Crippen LogP contribution in [0.15, 0.2) is 12.1 Å². The van der Waals surface area contributed by atoms with Crippen LogP contribution in [0.2, 0.25) is 0 Å². The SMILES string of the molecule is COc1c(C(N)=O)cc(C(C)(C)C)cc1C(=O)NC(C)C. The summed E-state index contributed by atoms with van der Waals surface area (Å²) >= 11 is 0. The van der Waals surface area contributed by atoms with Gasteiger partial charge in [-0.2, -0.15) is 0 Å². The summed E-state index contributed by atoms with van der Waals surface area (Å²) in [6.45, 7) is 9.75. The van der Waals surface area contributed by atoms with E-state index < -0.39 is 5.91 Å². The second kappa shape index (κ2) is 6.16. The minimum Gasteiger partial charge on any atom is -0.495 e. The van der Waals surface area contributed by atoms with Gasteiger partial charge < -0.3 is 15.8 Å². The second-order valence-electron chi connectivity index (χ2n) is 6.35. The number of nitrogens with two attached hydrogens (primary N) is 1. The van der Waals surface area contributed by atoms with Crippen molar-refractivity contribution in [2.24, 2.45) is 5.73 Å². The molecule has 0 saturated heterocycles. The van der Waals surface area contributed by atoms with Crippen LogP contribution >= 0.6 is 0 Å². The largest absolute Gasteiger partial charge is 0.495 e. The molecular weight excluding hydrogens is 268 g/mol. The molecule has 5 heteroatoms. The molecule has 0 radical (unpaired) electrons. The van der Waals surface area contributed by atoms with Gasteiger partial charge in [-0.1, -0.05) is 20.8 Å². The lowest BCUT2D eigenvalue weighted by Gasteiger charge is -2.23. The van der Waals surface area contributed by atoms with Gasteiger partial charge >= 0.3 is 0 Å². The molecule has 0 fully saturated rings. The van der Waals surface area contributed by atoms with E-state index in [1.807, 2.05) is 34.6 Å². The van der Waals surface area contributed by atoms with E-state index in [9.17, 15) is 9.59 Å². The zero-order chi connectivity index (χ0) is 16.4. The van der Waals surface area contributed by atoms with E-state index in [4.69, 9.17) is 10.5 Å². The topological polar surface area (TPSA) is 81.4 Å². The summed E-state index contributed by atoms with van der Waals surface area (Å²) in [5, 5.41) is 2.81. The van der Waals surface area contributed by atoms with Gasteiger partial charge in [0.05, 0.1) is 18.2 Å². The molecule has 0 saturated carbocycles. The molecule has 0 heterocycles. The minimum atomic E-state index is -0.614. The van der Waals surface area contributed by atoms with Crippen molar-refractivity contribution in [1.82, 2.24) is 5.32 Å². The van der Waals surface area contributed by atoms with Crippen LogP contribution in [0.25, 0.3) is 0 Å². The minimum absolute atomic E-state index is 0.0162. The van der Waals surface area contributed by atoms with Crippen LogP contribution < -0.4 is 15.8 Å². The van der Waals surface area contributed by atoms with Crippen LogP contribution in [0.5, 0.6) is 5.75 Å². The summed E-state index contributed by atoms with van der Waals surface area (Å²) in [5.41, 5.74) is 6.60. The van der Waals surface area contributed by atoms with Crippen LogP contribution in [-0.4, -0.2) is 25.0 Å². The standard InChI is InChI=1S/C16H24N2O3/c1-9(2)18-15(20)12-8-10(16(3,4)5)7-11(14(17)19)13(12)21-6/h7-9H,1-6H3,(H2,17,19)(H,18,20). The Bertz CT molecular complexity index is 557. The van der Waals surface area contributed by atoms with Gasteiger partial charge in [-0.15, -0.1) is 0 Å². The number of hydrogen-bond donors (Lipinski definition) is 2. The number of hydrogen-bond acceptors (Lipinski definition) is 3. The van der Waals surface area contributed by atoms with E-state index in [-0.39, 0.29) is 28.7 Å². The lowest BCUT2D eigenvalue weighted by Crippen LogP contribution is -2.31. The molecule has 5 nitrogen and oxygen atoms in total. The fourth-order valence-electron chi connectivity index (χ4n) is 1.97. The summed E-state index contributed by atoms with van der Waals surface area (Å²) in [7, 11) is 1.42. The molecular formula is C16H24N2O3. The predicted octanol–water partition coefficient (Wildman–Crippen LogP) is 2.23. The lowest BCUT2D eigenvalue weighted by molar-refractivity contribution is 0.0940. The summed E-state index contributed by atoms with van der Waals surface area (Å²) in [6, 6.07) is 3.42. The maximum atomic E-state index is 12.3. The first-order valence-corrected chi connectivity index (χ1v) is 6.91. The van der Waals surface area contributed by atoms with Crippen LogP contribution in [0.4, 0.5) is 0 Å². The highest BCUT2D eigenvalue weighted by atomic mass is 16.5. The molecule has 0 unspecified atom stereocenters. The Labute approximate surface area is 125 Å². The van der Waals surface area contributed by atoms with Crippen molar-refractivity contribution in [2.75, 3.05) is 7.11 Å². The van der Waals surface area contributed by atoms with Gasteiger partial charge in [0, 0.05) is 6.04 Å². The first-order valence-electron chi connectivity index (χ1n) is 6.91. The number of carbonyl (C=O) groups excluding carboxylic acids is 2. The Kier molecular flexibility index (Phi) is 4.99. The van der Waals surface area contributed by atoms with Crippen LogP contribution in [-0.2, 0) is 5.41 Å². The van der Waals surface area contributed by atoms with Crippen molar-refractivity contribution in [3.8, 4) is 5.75 Å². The molecule has 0 aliphatic carbocycles. The number of primary amides is 1. The highest BCUT2D eigenvalue weighted by Crippen LogP contribution is 2.31. The van der Waals surface area contributed by atoms with Crippen molar-refractivity contribution in [1.29, 1.82) is 0 Å². The summed E-state index contributed by atoms with van der Waals surface area (Å²) in [6.07, 6.45) is 0. The van der Waals surface area contributed by atoms with E-state index in [1.54, 1.807) is 12.1 Å². The van der Waals surface area contributed by atoms with Crippen LogP contribution in [0.3, 0.4) is 0 Å². The highest BCUT2D eigenvalue weighted by Gasteiger charge is 2.24. The smallest absolute Gasteiger partial charge is 0.255 e. The van der Waals surface area contributed by atoms with E-state index in [1.165, 1.54) is 7.11 Å². The molecule has 0 bridgehead atoms. The molecule has 0 aliphatic rings. The fraction of sp³-hybridized carbons (Fsp3) is 0.500. The molecule has 1 rings (SSSR count). The molecule has 0 atom stereocenters. The number of carbonyl (C=O) groups is 2. The van der Waals surface area contributed by atoms with Crippen molar-refractivity contribution < 1.29 is 14.3 Å². The maximum absolute atomic E-state index is 12.3. The average Bonchev–Trinajstić information content (AvgIpc) is 2.34. The maximum Gasteiger partial charge on any atom is 0.255 e. The van der Waals surface area contributed by atoms with Crippen molar-refractivity contribution in [3.63, 3.8) is 0 Å². The summed E-state index contributed by atoms with van der Waals surface area (Å²) in [4.78, 5) is 24.0. The van der Waals surface area contributed by atoms with Gasteiger partial charge in [-0.05, 0) is 37.0 Å².